The number of thiocarbonyl (C=S) groups is 1. The molecule has 0 atom stereocenters. The van der Waals surface area contributed by atoms with E-state index in [1.807, 2.05) is 26.1 Å². The highest BCUT2D eigenvalue weighted by molar-refractivity contribution is 7.80. The van der Waals surface area contributed by atoms with E-state index in [0.717, 1.165) is 42.5 Å². The van der Waals surface area contributed by atoms with Crippen LogP contribution in [0, 0.1) is 0 Å². The van der Waals surface area contributed by atoms with Crippen LogP contribution in [-0.2, 0) is 6.42 Å². The Morgan fingerprint density at radius 3 is 2.55 bits per heavy atom. The molecule has 0 aromatic heterocycles. The van der Waals surface area contributed by atoms with Crippen LogP contribution in [0.1, 0.15) is 18.9 Å². The smallest absolute Gasteiger partial charge is 0.168 e. The van der Waals surface area contributed by atoms with Crippen molar-refractivity contribution in [2.45, 2.75) is 19.8 Å². The lowest BCUT2D eigenvalue weighted by Crippen LogP contribution is -2.37. The highest BCUT2D eigenvalue weighted by atomic mass is 32.1. The molecule has 0 heterocycles. The number of nitrogens with zero attached hydrogens (tertiary/aromatic N) is 1. The minimum absolute atomic E-state index is 0.765. The monoisotopic (exact) mass is 296 g/mol. The van der Waals surface area contributed by atoms with Crippen LogP contribution < -0.4 is 14.8 Å². The third-order valence-electron chi connectivity index (χ3n) is 3.08. The fraction of sp³-hybridized carbons (Fsp3) is 0.533. The molecule has 1 aromatic carbocycles. The Kier molecular flexibility index (Phi) is 7.15. The SMILES string of the molecule is CCNC(=S)N(C)CCCc1ccc(OC)c(OC)c1. The summed E-state index contributed by atoms with van der Waals surface area (Å²) in [5.41, 5.74) is 1.24. The van der Waals surface area contributed by atoms with Crippen LogP contribution >= 0.6 is 12.2 Å². The summed E-state index contributed by atoms with van der Waals surface area (Å²) >= 11 is 5.26. The first-order chi connectivity index (χ1) is 9.62. The first kappa shape index (κ1) is 16.6. The molecule has 1 rings (SSSR count). The predicted molar refractivity (Wildman–Crippen MR) is 86.8 cm³/mol. The Bertz CT molecular complexity index is 438. The van der Waals surface area contributed by atoms with E-state index < -0.39 is 0 Å². The molecule has 0 radical (unpaired) electrons. The van der Waals surface area contributed by atoms with Crippen molar-refractivity contribution in [3.05, 3.63) is 23.8 Å². The van der Waals surface area contributed by atoms with E-state index in [2.05, 4.69) is 16.3 Å². The maximum absolute atomic E-state index is 5.31. The highest BCUT2D eigenvalue weighted by Gasteiger charge is 2.06. The molecule has 4 nitrogen and oxygen atoms in total. The van der Waals surface area contributed by atoms with Crippen LogP contribution in [0.3, 0.4) is 0 Å². The topological polar surface area (TPSA) is 33.7 Å². The molecule has 0 aliphatic heterocycles. The molecule has 0 saturated heterocycles. The fourth-order valence-corrected chi connectivity index (χ4v) is 2.18. The van der Waals surface area contributed by atoms with Crippen LogP contribution in [0.2, 0.25) is 0 Å². The number of rotatable bonds is 7. The lowest BCUT2D eigenvalue weighted by molar-refractivity contribution is 0.354. The Hall–Kier alpha value is -1.49. The summed E-state index contributed by atoms with van der Waals surface area (Å²) in [5, 5.41) is 3.95. The van der Waals surface area contributed by atoms with Gasteiger partial charge in [0.25, 0.3) is 0 Å². The van der Waals surface area contributed by atoms with Crippen LogP contribution in [-0.4, -0.2) is 44.4 Å². The molecule has 0 amide bonds. The maximum atomic E-state index is 5.31. The molecular weight excluding hydrogens is 272 g/mol. The standard InChI is InChI=1S/C15H24N2O2S/c1-5-16-15(20)17(2)10-6-7-12-8-9-13(18-3)14(11-12)19-4/h8-9,11H,5-7,10H2,1-4H3,(H,16,20). The zero-order chi connectivity index (χ0) is 15.0. The van der Waals surface area contributed by atoms with Crippen molar-refractivity contribution in [2.75, 3.05) is 34.4 Å². The van der Waals surface area contributed by atoms with Crippen molar-refractivity contribution in [3.8, 4) is 11.5 Å². The Labute approximate surface area is 127 Å². The highest BCUT2D eigenvalue weighted by Crippen LogP contribution is 2.27. The number of hydrogen-bond acceptors (Lipinski definition) is 3. The number of ether oxygens (including phenoxy) is 2. The quantitative estimate of drug-likeness (QED) is 0.782. The van der Waals surface area contributed by atoms with Crippen molar-refractivity contribution < 1.29 is 9.47 Å². The summed E-state index contributed by atoms with van der Waals surface area (Å²) in [6.07, 6.45) is 2.02. The molecule has 1 N–H and O–H groups in total. The van der Waals surface area contributed by atoms with Gasteiger partial charge in [0, 0.05) is 20.1 Å². The Balaban J connectivity index is 2.48. The van der Waals surface area contributed by atoms with Gasteiger partial charge in [0.15, 0.2) is 16.6 Å². The van der Waals surface area contributed by atoms with E-state index in [1.54, 1.807) is 14.2 Å². The molecule has 0 aliphatic rings. The van der Waals surface area contributed by atoms with E-state index in [4.69, 9.17) is 21.7 Å². The molecular formula is C15H24N2O2S. The summed E-state index contributed by atoms with van der Waals surface area (Å²) in [5.74, 6) is 1.54. The van der Waals surface area contributed by atoms with Gasteiger partial charge in [-0.05, 0) is 49.7 Å². The van der Waals surface area contributed by atoms with Crippen LogP contribution in [0.25, 0.3) is 0 Å². The normalized spacial score (nSPS) is 10.0. The number of nitrogens with one attached hydrogen (secondary N) is 1. The van der Waals surface area contributed by atoms with Crippen molar-refractivity contribution in [1.82, 2.24) is 10.2 Å². The molecule has 0 bridgehead atoms. The molecule has 0 fully saturated rings. The van der Waals surface area contributed by atoms with Crippen LogP contribution in [0.4, 0.5) is 0 Å². The molecule has 0 aliphatic carbocycles. The third kappa shape index (κ3) is 4.89. The Morgan fingerprint density at radius 2 is 1.95 bits per heavy atom. The number of aryl methyl sites for hydroxylation is 1. The van der Waals surface area contributed by atoms with Gasteiger partial charge in [-0.15, -0.1) is 0 Å². The van der Waals surface area contributed by atoms with Gasteiger partial charge >= 0.3 is 0 Å². The van der Waals surface area contributed by atoms with Gasteiger partial charge < -0.3 is 19.7 Å². The summed E-state index contributed by atoms with van der Waals surface area (Å²) in [4.78, 5) is 2.07. The zero-order valence-corrected chi connectivity index (χ0v) is 13.5. The molecule has 20 heavy (non-hydrogen) atoms. The average molecular weight is 296 g/mol. The van der Waals surface area contributed by atoms with Gasteiger partial charge in [-0.2, -0.15) is 0 Å². The van der Waals surface area contributed by atoms with Crippen molar-refractivity contribution in [2.24, 2.45) is 0 Å². The van der Waals surface area contributed by atoms with E-state index in [0.29, 0.717) is 0 Å². The van der Waals surface area contributed by atoms with E-state index >= 15 is 0 Å². The molecule has 0 spiro atoms. The minimum atomic E-state index is 0.765. The lowest BCUT2D eigenvalue weighted by Gasteiger charge is -2.20. The predicted octanol–water partition coefficient (Wildman–Crippen LogP) is 2.46. The maximum Gasteiger partial charge on any atom is 0.168 e. The van der Waals surface area contributed by atoms with E-state index in [-0.39, 0.29) is 0 Å². The van der Waals surface area contributed by atoms with Gasteiger partial charge in [0.05, 0.1) is 14.2 Å². The van der Waals surface area contributed by atoms with Gasteiger partial charge in [-0.25, -0.2) is 0 Å². The van der Waals surface area contributed by atoms with Gasteiger partial charge in [0.2, 0.25) is 0 Å². The molecule has 5 heteroatoms. The van der Waals surface area contributed by atoms with Gasteiger partial charge in [0.1, 0.15) is 0 Å². The largest absolute Gasteiger partial charge is 0.493 e. The molecule has 112 valence electrons. The van der Waals surface area contributed by atoms with Crippen LogP contribution in [0.5, 0.6) is 11.5 Å². The molecule has 0 saturated carbocycles. The first-order valence-corrected chi connectivity index (χ1v) is 7.23. The fourth-order valence-electron chi connectivity index (χ4n) is 1.94. The first-order valence-electron chi connectivity index (χ1n) is 6.82. The summed E-state index contributed by atoms with van der Waals surface area (Å²) < 4.78 is 10.5. The van der Waals surface area contributed by atoms with Crippen LogP contribution in [0.15, 0.2) is 18.2 Å². The van der Waals surface area contributed by atoms with Crippen molar-refractivity contribution in [1.29, 1.82) is 0 Å². The third-order valence-corrected chi connectivity index (χ3v) is 3.54. The number of hydrogen-bond donors (Lipinski definition) is 1. The zero-order valence-electron chi connectivity index (χ0n) is 12.7. The molecule has 1 aromatic rings. The van der Waals surface area contributed by atoms with E-state index in [9.17, 15) is 0 Å². The number of benzene rings is 1. The van der Waals surface area contributed by atoms with E-state index in [1.165, 1.54) is 5.56 Å². The number of methoxy groups -OCH3 is 2. The average Bonchev–Trinajstić information content (AvgIpc) is 2.47. The lowest BCUT2D eigenvalue weighted by atomic mass is 10.1. The summed E-state index contributed by atoms with van der Waals surface area (Å²) in [6.45, 7) is 3.84. The second-order valence-corrected chi connectivity index (χ2v) is 4.94. The van der Waals surface area contributed by atoms with Crippen molar-refractivity contribution >= 4 is 17.3 Å². The second-order valence-electron chi connectivity index (χ2n) is 4.55. The summed E-state index contributed by atoms with van der Waals surface area (Å²) in [7, 11) is 5.32. The van der Waals surface area contributed by atoms with Gasteiger partial charge in [-0.1, -0.05) is 6.07 Å². The molecule has 0 unspecified atom stereocenters. The Morgan fingerprint density at radius 1 is 1.25 bits per heavy atom. The van der Waals surface area contributed by atoms with Crippen molar-refractivity contribution in [3.63, 3.8) is 0 Å². The second kappa shape index (κ2) is 8.64. The van der Waals surface area contributed by atoms with Gasteiger partial charge in [-0.3, -0.25) is 0 Å². The summed E-state index contributed by atoms with van der Waals surface area (Å²) in [6, 6.07) is 6.05. The minimum Gasteiger partial charge on any atom is -0.493 e.